The summed E-state index contributed by atoms with van der Waals surface area (Å²) in [7, 11) is 2.25. The Morgan fingerprint density at radius 3 is 1.59 bits per heavy atom. The van der Waals surface area contributed by atoms with Crippen molar-refractivity contribution in [2.75, 3.05) is 27.3 Å². The predicted molar refractivity (Wildman–Crippen MR) is 77.5 cm³/mol. The fraction of sp³-hybridized carbons (Fsp3) is 1.00. The average molecular weight is 264 g/mol. The van der Waals surface area contributed by atoms with Crippen molar-refractivity contribution < 1.29 is 8.85 Å². The van der Waals surface area contributed by atoms with E-state index in [2.05, 4.69) is 6.92 Å². The standard InChI is InChI=1S/C6H16N2.C6H16O2Si/c7-5-3-1-2-4-6-8;1-4-5-6-9(7-2)8-3/h1-8H2;9H,4-6H2,1-3H3. The van der Waals surface area contributed by atoms with Crippen molar-refractivity contribution in [2.24, 2.45) is 11.5 Å². The largest absolute Gasteiger partial charge is 0.400 e. The number of nitrogens with two attached hydrogens (primary N) is 2. The van der Waals surface area contributed by atoms with Gasteiger partial charge in [-0.15, -0.1) is 0 Å². The molecule has 0 aliphatic rings. The summed E-state index contributed by atoms with van der Waals surface area (Å²) in [5.74, 6) is 0. The van der Waals surface area contributed by atoms with Crippen molar-refractivity contribution in [3.05, 3.63) is 0 Å². The van der Waals surface area contributed by atoms with Crippen LogP contribution in [0.3, 0.4) is 0 Å². The van der Waals surface area contributed by atoms with E-state index in [0.717, 1.165) is 32.0 Å². The molecule has 106 valence electrons. The summed E-state index contributed by atoms with van der Waals surface area (Å²) in [6.07, 6.45) is 7.26. The second-order valence-electron chi connectivity index (χ2n) is 4.03. The smallest absolute Gasteiger partial charge is 0.320 e. The minimum Gasteiger partial charge on any atom is -0.400 e. The van der Waals surface area contributed by atoms with Crippen molar-refractivity contribution in [1.82, 2.24) is 0 Å². The molecule has 0 aliphatic heterocycles. The third-order valence-corrected chi connectivity index (χ3v) is 4.41. The van der Waals surface area contributed by atoms with Crippen molar-refractivity contribution in [3.63, 3.8) is 0 Å². The minimum absolute atomic E-state index is 0.824. The molecule has 0 aromatic heterocycles. The van der Waals surface area contributed by atoms with E-state index in [1.54, 1.807) is 14.2 Å². The first-order valence-corrected chi connectivity index (χ1v) is 8.48. The molecule has 0 fully saturated rings. The van der Waals surface area contributed by atoms with Crippen LogP contribution in [0.1, 0.15) is 45.4 Å². The Hall–Kier alpha value is 0.0569. The molecule has 5 heteroatoms. The monoisotopic (exact) mass is 264 g/mol. The molecule has 0 amide bonds. The maximum Gasteiger partial charge on any atom is 0.320 e. The summed E-state index contributed by atoms with van der Waals surface area (Å²) < 4.78 is 10.2. The maximum absolute atomic E-state index is 5.28. The van der Waals surface area contributed by atoms with E-state index in [0.29, 0.717) is 0 Å². The van der Waals surface area contributed by atoms with E-state index in [9.17, 15) is 0 Å². The fourth-order valence-corrected chi connectivity index (χ4v) is 2.75. The number of hydrogen-bond donors (Lipinski definition) is 2. The fourth-order valence-electron chi connectivity index (χ4n) is 1.34. The SMILES string of the molecule is CCCC[SiH](OC)OC.NCCCCCCN. The van der Waals surface area contributed by atoms with Gasteiger partial charge in [0.2, 0.25) is 0 Å². The molecule has 0 aromatic rings. The molecule has 0 rings (SSSR count). The lowest BCUT2D eigenvalue weighted by Crippen LogP contribution is -2.18. The summed E-state index contributed by atoms with van der Waals surface area (Å²) in [6, 6.07) is 1.14. The van der Waals surface area contributed by atoms with Gasteiger partial charge in [-0.2, -0.15) is 0 Å². The maximum atomic E-state index is 5.28. The summed E-state index contributed by atoms with van der Waals surface area (Å²) in [5, 5.41) is 0. The highest BCUT2D eigenvalue weighted by Gasteiger charge is 2.06. The van der Waals surface area contributed by atoms with Gasteiger partial charge in [-0.05, 0) is 32.0 Å². The Morgan fingerprint density at radius 2 is 1.29 bits per heavy atom. The molecular formula is C12H32N2O2Si. The van der Waals surface area contributed by atoms with Crippen LogP contribution < -0.4 is 11.5 Å². The van der Waals surface area contributed by atoms with E-state index in [1.807, 2.05) is 0 Å². The van der Waals surface area contributed by atoms with Crippen LogP contribution in [0.2, 0.25) is 6.04 Å². The van der Waals surface area contributed by atoms with Crippen molar-refractivity contribution in [2.45, 2.75) is 51.5 Å². The number of unbranched alkanes of at least 4 members (excludes halogenated alkanes) is 4. The van der Waals surface area contributed by atoms with Crippen LogP contribution in [-0.4, -0.2) is 36.6 Å². The van der Waals surface area contributed by atoms with Crippen LogP contribution in [0.4, 0.5) is 0 Å². The van der Waals surface area contributed by atoms with Crippen LogP contribution in [0.25, 0.3) is 0 Å². The zero-order valence-corrected chi connectivity index (χ0v) is 13.1. The van der Waals surface area contributed by atoms with E-state index < -0.39 is 9.28 Å². The van der Waals surface area contributed by atoms with Crippen molar-refractivity contribution in [3.8, 4) is 0 Å². The second-order valence-corrected chi connectivity index (χ2v) is 6.41. The summed E-state index contributed by atoms with van der Waals surface area (Å²) in [6.45, 7) is 3.83. The highest BCUT2D eigenvalue weighted by atomic mass is 28.3. The second kappa shape index (κ2) is 18.4. The topological polar surface area (TPSA) is 70.5 Å². The van der Waals surface area contributed by atoms with Gasteiger partial charge in [-0.3, -0.25) is 0 Å². The molecule has 0 unspecified atom stereocenters. The number of hydrogen-bond acceptors (Lipinski definition) is 4. The molecular weight excluding hydrogens is 232 g/mol. The van der Waals surface area contributed by atoms with Gasteiger partial charge in [-0.1, -0.05) is 32.6 Å². The average Bonchev–Trinajstić information content (AvgIpc) is 2.37. The molecule has 4 nitrogen and oxygen atoms in total. The van der Waals surface area contributed by atoms with Crippen LogP contribution >= 0.6 is 0 Å². The zero-order chi connectivity index (χ0) is 13.4. The van der Waals surface area contributed by atoms with Gasteiger partial charge in [0.1, 0.15) is 0 Å². The molecule has 0 heterocycles. The lowest BCUT2D eigenvalue weighted by atomic mass is 10.2. The van der Waals surface area contributed by atoms with Crippen LogP contribution in [-0.2, 0) is 8.85 Å². The third kappa shape index (κ3) is 18.6. The van der Waals surface area contributed by atoms with Crippen LogP contribution in [0.5, 0.6) is 0 Å². The van der Waals surface area contributed by atoms with Gasteiger partial charge < -0.3 is 20.3 Å². The molecule has 17 heavy (non-hydrogen) atoms. The first-order valence-electron chi connectivity index (χ1n) is 6.72. The molecule has 0 saturated heterocycles. The van der Waals surface area contributed by atoms with Gasteiger partial charge in [0.15, 0.2) is 0 Å². The summed E-state index contributed by atoms with van der Waals surface area (Å²) >= 11 is 0. The van der Waals surface area contributed by atoms with Gasteiger partial charge in [0.05, 0.1) is 0 Å². The van der Waals surface area contributed by atoms with Crippen LogP contribution in [0.15, 0.2) is 0 Å². The van der Waals surface area contributed by atoms with Crippen LogP contribution in [0, 0.1) is 0 Å². The van der Waals surface area contributed by atoms with Gasteiger partial charge >= 0.3 is 9.28 Å². The Morgan fingerprint density at radius 1 is 0.824 bits per heavy atom. The number of rotatable bonds is 10. The van der Waals surface area contributed by atoms with Gasteiger partial charge in [0.25, 0.3) is 0 Å². The van der Waals surface area contributed by atoms with Crippen molar-refractivity contribution >= 4 is 9.28 Å². The molecule has 0 spiro atoms. The Balaban J connectivity index is 0. The van der Waals surface area contributed by atoms with E-state index in [1.165, 1.54) is 25.7 Å². The Bertz CT molecular complexity index is 119. The summed E-state index contributed by atoms with van der Waals surface area (Å²) in [4.78, 5) is 0. The molecule has 0 atom stereocenters. The van der Waals surface area contributed by atoms with Gasteiger partial charge in [-0.25, -0.2) is 0 Å². The quantitative estimate of drug-likeness (QED) is 0.466. The molecule has 0 saturated carbocycles. The van der Waals surface area contributed by atoms with Gasteiger partial charge in [0, 0.05) is 14.2 Å². The minimum atomic E-state index is -1.21. The van der Waals surface area contributed by atoms with Crippen molar-refractivity contribution in [1.29, 1.82) is 0 Å². The first kappa shape index (κ1) is 19.4. The van der Waals surface area contributed by atoms with E-state index >= 15 is 0 Å². The Labute approximate surface area is 109 Å². The lowest BCUT2D eigenvalue weighted by Gasteiger charge is -2.08. The molecule has 0 aliphatic carbocycles. The van der Waals surface area contributed by atoms with E-state index in [4.69, 9.17) is 20.3 Å². The highest BCUT2D eigenvalue weighted by molar-refractivity contribution is 6.44. The summed E-state index contributed by atoms with van der Waals surface area (Å²) in [5.41, 5.74) is 10.6. The zero-order valence-electron chi connectivity index (χ0n) is 11.9. The predicted octanol–water partition coefficient (Wildman–Crippen LogP) is 1.76. The first-order chi connectivity index (χ1) is 8.26. The molecule has 0 aromatic carbocycles. The Kier molecular flexibility index (Phi) is 21.0. The lowest BCUT2D eigenvalue weighted by molar-refractivity contribution is 0.276. The third-order valence-electron chi connectivity index (χ3n) is 2.48. The normalized spacial score (nSPS) is 10.2. The van der Waals surface area contributed by atoms with E-state index in [-0.39, 0.29) is 0 Å². The molecule has 0 bridgehead atoms. The molecule has 4 N–H and O–H groups in total. The highest BCUT2D eigenvalue weighted by Crippen LogP contribution is 2.01. The molecule has 0 radical (unpaired) electrons.